The summed E-state index contributed by atoms with van der Waals surface area (Å²) in [5.74, 6) is 1.32. The normalized spacial score (nSPS) is 20.5. The van der Waals surface area contributed by atoms with Gasteiger partial charge in [0.05, 0.1) is 20.1 Å². The van der Waals surface area contributed by atoms with Gasteiger partial charge in [0.15, 0.2) is 0 Å². The molecule has 0 unspecified atom stereocenters. The van der Waals surface area contributed by atoms with Crippen molar-refractivity contribution in [2.24, 2.45) is 11.0 Å². The van der Waals surface area contributed by atoms with Gasteiger partial charge in [0.2, 0.25) is 5.91 Å². The van der Waals surface area contributed by atoms with Crippen LogP contribution >= 0.6 is 0 Å². The first-order valence-corrected chi connectivity index (χ1v) is 6.64. The van der Waals surface area contributed by atoms with Gasteiger partial charge in [0.25, 0.3) is 0 Å². The summed E-state index contributed by atoms with van der Waals surface area (Å²) < 4.78 is 10.5. The van der Waals surface area contributed by atoms with Crippen LogP contribution in [0.5, 0.6) is 11.5 Å². The summed E-state index contributed by atoms with van der Waals surface area (Å²) in [7, 11) is 3.17. The Morgan fingerprint density at radius 2 is 2.14 bits per heavy atom. The Hall–Kier alpha value is -2.40. The van der Waals surface area contributed by atoms with Gasteiger partial charge in [-0.2, -0.15) is 0 Å². The third-order valence-electron chi connectivity index (χ3n) is 3.82. The van der Waals surface area contributed by atoms with E-state index in [1.54, 1.807) is 25.2 Å². The lowest BCUT2D eigenvalue weighted by molar-refractivity contribution is -0.155. The van der Waals surface area contributed by atoms with Crippen LogP contribution in [0.1, 0.15) is 12.5 Å². The summed E-state index contributed by atoms with van der Waals surface area (Å²) in [4.78, 5) is 16.5. The fourth-order valence-corrected chi connectivity index (χ4v) is 2.52. The number of nitrogens with zero attached hydrogens (tertiary/aromatic N) is 4. The van der Waals surface area contributed by atoms with E-state index >= 15 is 0 Å². The minimum absolute atomic E-state index is 0.0554. The van der Waals surface area contributed by atoms with Gasteiger partial charge in [0.1, 0.15) is 11.5 Å². The van der Waals surface area contributed by atoms with E-state index in [0.717, 1.165) is 5.56 Å². The zero-order chi connectivity index (χ0) is 15.4. The number of hydrogen-bond acceptors (Lipinski definition) is 4. The number of likely N-dealkylation sites (tertiary alicyclic amines) is 1. The summed E-state index contributed by atoms with van der Waals surface area (Å²) in [5.41, 5.74) is 9.32. The van der Waals surface area contributed by atoms with Gasteiger partial charge in [-0.3, -0.25) is 4.79 Å². The Morgan fingerprint density at radius 3 is 2.76 bits per heavy atom. The highest BCUT2D eigenvalue weighted by Crippen LogP contribution is 2.32. The largest absolute Gasteiger partial charge is 0.497 e. The predicted octanol–water partition coefficient (Wildman–Crippen LogP) is 2.36. The first kappa shape index (κ1) is 15.0. The second-order valence-electron chi connectivity index (χ2n) is 4.91. The number of benzene rings is 1. The number of amides is 1. The van der Waals surface area contributed by atoms with Crippen molar-refractivity contribution in [3.05, 3.63) is 34.2 Å². The number of azide groups is 1. The molecule has 1 aliphatic heterocycles. The van der Waals surface area contributed by atoms with Gasteiger partial charge < -0.3 is 14.4 Å². The van der Waals surface area contributed by atoms with E-state index in [2.05, 4.69) is 10.0 Å². The van der Waals surface area contributed by atoms with E-state index in [0.29, 0.717) is 24.6 Å². The molecule has 1 fully saturated rings. The van der Waals surface area contributed by atoms with Crippen molar-refractivity contribution >= 4 is 5.91 Å². The van der Waals surface area contributed by atoms with Crippen LogP contribution in [-0.4, -0.2) is 37.6 Å². The topological polar surface area (TPSA) is 87.5 Å². The number of β-lactam (4-membered cyclic amide) rings is 1. The lowest BCUT2D eigenvalue weighted by Crippen LogP contribution is -2.60. The maximum absolute atomic E-state index is 12.0. The molecule has 0 radical (unpaired) electrons. The molecule has 2 rings (SSSR count). The van der Waals surface area contributed by atoms with Gasteiger partial charge in [0, 0.05) is 35.7 Å². The first-order chi connectivity index (χ1) is 10.1. The summed E-state index contributed by atoms with van der Waals surface area (Å²) >= 11 is 0. The number of hydrogen-bond donors (Lipinski definition) is 0. The highest BCUT2D eigenvalue weighted by Gasteiger charge is 2.43. The second kappa shape index (κ2) is 6.37. The smallest absolute Gasteiger partial charge is 0.228 e. The van der Waals surface area contributed by atoms with Gasteiger partial charge in [-0.25, -0.2) is 0 Å². The Kier molecular flexibility index (Phi) is 4.55. The van der Waals surface area contributed by atoms with Gasteiger partial charge >= 0.3 is 0 Å². The van der Waals surface area contributed by atoms with Crippen LogP contribution in [0.15, 0.2) is 23.3 Å². The molecule has 0 aliphatic carbocycles. The Morgan fingerprint density at radius 1 is 1.38 bits per heavy atom. The van der Waals surface area contributed by atoms with E-state index in [1.165, 1.54) is 0 Å². The number of carbonyl (C=O) groups is 1. The molecule has 2 atom stereocenters. The van der Waals surface area contributed by atoms with E-state index in [-0.39, 0.29) is 17.9 Å². The SMILES string of the molecule is COc1ccc(CN2C(=O)[C@@H](C)[C@H]2CN=[N+]=[N-])c(OC)c1. The molecule has 1 saturated heterocycles. The molecule has 0 aromatic heterocycles. The van der Waals surface area contributed by atoms with Crippen molar-refractivity contribution in [3.8, 4) is 11.5 Å². The second-order valence-corrected chi connectivity index (χ2v) is 4.91. The summed E-state index contributed by atoms with van der Waals surface area (Å²) in [6.45, 7) is 2.57. The lowest BCUT2D eigenvalue weighted by atomic mass is 9.88. The third kappa shape index (κ3) is 2.87. The summed E-state index contributed by atoms with van der Waals surface area (Å²) in [6, 6.07) is 5.43. The van der Waals surface area contributed by atoms with Crippen LogP contribution in [0.4, 0.5) is 0 Å². The van der Waals surface area contributed by atoms with Crippen LogP contribution in [-0.2, 0) is 11.3 Å². The lowest BCUT2D eigenvalue weighted by Gasteiger charge is -2.45. The molecule has 7 heteroatoms. The minimum atomic E-state index is -0.111. The van der Waals surface area contributed by atoms with Crippen LogP contribution < -0.4 is 9.47 Å². The Bertz CT molecular complexity index is 584. The minimum Gasteiger partial charge on any atom is -0.497 e. The van der Waals surface area contributed by atoms with Gasteiger partial charge in [-0.15, -0.1) is 0 Å². The molecule has 1 heterocycles. The molecular weight excluding hydrogens is 272 g/mol. The third-order valence-corrected chi connectivity index (χ3v) is 3.82. The molecule has 21 heavy (non-hydrogen) atoms. The van der Waals surface area contributed by atoms with E-state index in [1.807, 2.05) is 19.1 Å². The van der Waals surface area contributed by atoms with Crippen molar-refractivity contribution in [3.63, 3.8) is 0 Å². The van der Waals surface area contributed by atoms with Crippen molar-refractivity contribution in [1.29, 1.82) is 0 Å². The number of carbonyl (C=O) groups excluding carboxylic acids is 1. The summed E-state index contributed by atoms with van der Waals surface area (Å²) in [6.07, 6.45) is 0. The van der Waals surface area contributed by atoms with Crippen LogP contribution in [0.2, 0.25) is 0 Å². The van der Waals surface area contributed by atoms with E-state index in [9.17, 15) is 4.79 Å². The summed E-state index contributed by atoms with van der Waals surface area (Å²) in [5, 5.41) is 3.58. The average Bonchev–Trinajstić information content (AvgIpc) is 2.53. The van der Waals surface area contributed by atoms with Gasteiger partial charge in [-0.05, 0) is 17.7 Å². The zero-order valence-electron chi connectivity index (χ0n) is 12.3. The maximum atomic E-state index is 12.0. The number of ether oxygens (including phenoxy) is 2. The molecule has 7 nitrogen and oxygen atoms in total. The average molecular weight is 290 g/mol. The quantitative estimate of drug-likeness (QED) is 0.349. The highest BCUT2D eigenvalue weighted by molar-refractivity contribution is 5.85. The Balaban J connectivity index is 2.16. The fraction of sp³-hybridized carbons (Fsp3) is 0.500. The molecule has 112 valence electrons. The molecule has 0 N–H and O–H groups in total. The first-order valence-electron chi connectivity index (χ1n) is 6.64. The fourth-order valence-electron chi connectivity index (χ4n) is 2.52. The monoisotopic (exact) mass is 290 g/mol. The van der Waals surface area contributed by atoms with Crippen LogP contribution in [0.3, 0.4) is 0 Å². The zero-order valence-corrected chi connectivity index (χ0v) is 12.3. The van der Waals surface area contributed by atoms with Crippen molar-refractivity contribution in [2.75, 3.05) is 20.8 Å². The maximum Gasteiger partial charge on any atom is 0.228 e. The van der Waals surface area contributed by atoms with Crippen LogP contribution in [0.25, 0.3) is 10.4 Å². The van der Waals surface area contributed by atoms with Gasteiger partial charge in [-0.1, -0.05) is 12.0 Å². The molecule has 0 bridgehead atoms. The molecule has 1 aromatic rings. The molecule has 0 spiro atoms. The van der Waals surface area contributed by atoms with Crippen molar-refractivity contribution in [1.82, 2.24) is 4.90 Å². The van der Waals surface area contributed by atoms with Crippen LogP contribution in [0, 0.1) is 5.92 Å². The molecular formula is C14H18N4O3. The van der Waals surface area contributed by atoms with E-state index < -0.39 is 0 Å². The molecule has 1 amide bonds. The standard InChI is InChI=1S/C14H18N4O3/c1-9-12(7-16-17-15)18(14(9)19)8-10-4-5-11(20-2)6-13(10)21-3/h4-6,9,12H,7-8H2,1-3H3/t9-,12+/m0/s1. The van der Waals surface area contributed by atoms with Crippen molar-refractivity contribution < 1.29 is 14.3 Å². The Labute approximate surface area is 123 Å². The van der Waals surface area contributed by atoms with E-state index in [4.69, 9.17) is 15.0 Å². The highest BCUT2D eigenvalue weighted by atomic mass is 16.5. The number of rotatable bonds is 6. The molecule has 1 aromatic carbocycles. The number of methoxy groups -OCH3 is 2. The van der Waals surface area contributed by atoms with Crippen molar-refractivity contribution in [2.45, 2.75) is 19.5 Å². The molecule has 1 aliphatic rings. The molecule has 0 saturated carbocycles. The predicted molar refractivity (Wildman–Crippen MR) is 77.1 cm³/mol.